The molecule has 1 N–H and O–H groups in total. The Balaban J connectivity index is 1.89. The summed E-state index contributed by atoms with van der Waals surface area (Å²) in [6.07, 6.45) is 6.70. The van der Waals surface area contributed by atoms with Gasteiger partial charge in [-0.15, -0.1) is 0 Å². The first-order chi connectivity index (χ1) is 9.38. The van der Waals surface area contributed by atoms with Gasteiger partial charge in [-0.2, -0.15) is 0 Å². The van der Waals surface area contributed by atoms with E-state index in [1.54, 1.807) is 0 Å². The van der Waals surface area contributed by atoms with Crippen LogP contribution in [0.2, 0.25) is 0 Å². The van der Waals surface area contributed by atoms with Crippen molar-refractivity contribution in [2.75, 3.05) is 0 Å². The highest BCUT2D eigenvalue weighted by molar-refractivity contribution is 5.83. The van der Waals surface area contributed by atoms with Gasteiger partial charge in [-0.05, 0) is 35.6 Å². The van der Waals surface area contributed by atoms with E-state index in [1.165, 1.54) is 10.9 Å². The summed E-state index contributed by atoms with van der Waals surface area (Å²) in [5.41, 5.74) is 3.40. The zero-order chi connectivity index (χ0) is 13.1. The number of aliphatic hydroxyl groups excluding tert-OH is 1. The molecular weight excluding hydrogens is 236 g/mol. The third-order valence-corrected chi connectivity index (χ3v) is 3.43. The molecule has 3 nitrogen and oxygen atoms in total. The molecule has 0 aliphatic rings. The fraction of sp³-hybridized carbons (Fsp3) is 0.188. The SMILES string of the molecule is OCc1cccc2ccn(CCc3ccncc3)c12. The molecule has 3 rings (SSSR count). The maximum Gasteiger partial charge on any atom is 0.0702 e. The molecule has 0 saturated carbocycles. The first kappa shape index (κ1) is 11.9. The normalized spacial score (nSPS) is 11.0. The van der Waals surface area contributed by atoms with Crippen molar-refractivity contribution < 1.29 is 5.11 Å². The molecule has 0 radical (unpaired) electrons. The first-order valence-corrected chi connectivity index (χ1v) is 6.45. The summed E-state index contributed by atoms with van der Waals surface area (Å²) in [4.78, 5) is 4.03. The number of fused-ring (bicyclic) bond motifs is 1. The molecule has 0 fully saturated rings. The van der Waals surface area contributed by atoms with E-state index in [4.69, 9.17) is 0 Å². The number of aromatic nitrogens is 2. The maximum absolute atomic E-state index is 9.44. The van der Waals surface area contributed by atoms with Crippen LogP contribution in [0.3, 0.4) is 0 Å². The molecule has 96 valence electrons. The minimum Gasteiger partial charge on any atom is -0.392 e. The zero-order valence-electron chi connectivity index (χ0n) is 10.7. The van der Waals surface area contributed by atoms with Crippen molar-refractivity contribution in [1.29, 1.82) is 0 Å². The summed E-state index contributed by atoms with van der Waals surface area (Å²) >= 11 is 0. The minimum atomic E-state index is 0.0800. The van der Waals surface area contributed by atoms with Crippen molar-refractivity contribution in [2.24, 2.45) is 0 Å². The average Bonchev–Trinajstić information content (AvgIpc) is 2.89. The number of nitrogens with zero attached hydrogens (tertiary/aromatic N) is 2. The number of hydrogen-bond donors (Lipinski definition) is 1. The van der Waals surface area contributed by atoms with E-state index >= 15 is 0 Å². The fourth-order valence-corrected chi connectivity index (χ4v) is 2.45. The molecule has 3 heteroatoms. The lowest BCUT2D eigenvalue weighted by atomic mass is 10.1. The Labute approximate surface area is 112 Å². The third-order valence-electron chi connectivity index (χ3n) is 3.43. The minimum absolute atomic E-state index is 0.0800. The standard InChI is InChI=1S/C16H16N2O/c19-12-15-3-1-2-14-7-11-18(16(14)15)10-6-13-4-8-17-9-5-13/h1-5,7-9,11,19H,6,10,12H2. The Morgan fingerprint density at radius 3 is 2.68 bits per heavy atom. The van der Waals surface area contributed by atoms with Crippen LogP contribution in [0, 0.1) is 0 Å². The van der Waals surface area contributed by atoms with Gasteiger partial charge in [0.2, 0.25) is 0 Å². The Hall–Kier alpha value is -2.13. The molecule has 3 aromatic rings. The molecule has 0 aliphatic carbocycles. The molecule has 1 aromatic carbocycles. The number of aliphatic hydroxyl groups is 1. The summed E-state index contributed by atoms with van der Waals surface area (Å²) in [6.45, 7) is 0.987. The van der Waals surface area contributed by atoms with Crippen LogP contribution in [0.25, 0.3) is 10.9 Å². The highest BCUT2D eigenvalue weighted by atomic mass is 16.3. The number of rotatable bonds is 4. The number of benzene rings is 1. The predicted octanol–water partition coefficient (Wildman–Crippen LogP) is 2.77. The fourth-order valence-electron chi connectivity index (χ4n) is 2.45. The van der Waals surface area contributed by atoms with Gasteiger partial charge in [0.15, 0.2) is 0 Å². The lowest BCUT2D eigenvalue weighted by Crippen LogP contribution is -2.01. The largest absolute Gasteiger partial charge is 0.392 e. The van der Waals surface area contributed by atoms with E-state index in [9.17, 15) is 5.11 Å². The zero-order valence-corrected chi connectivity index (χ0v) is 10.7. The number of pyridine rings is 1. The van der Waals surface area contributed by atoms with Gasteiger partial charge in [0.1, 0.15) is 0 Å². The molecule has 2 heterocycles. The van der Waals surface area contributed by atoms with Gasteiger partial charge in [0.05, 0.1) is 12.1 Å². The highest BCUT2D eigenvalue weighted by Crippen LogP contribution is 2.20. The van der Waals surface area contributed by atoms with Crippen LogP contribution >= 0.6 is 0 Å². The van der Waals surface area contributed by atoms with Crippen LogP contribution in [0.5, 0.6) is 0 Å². The van der Waals surface area contributed by atoms with E-state index < -0.39 is 0 Å². The average molecular weight is 252 g/mol. The smallest absolute Gasteiger partial charge is 0.0702 e. The number of hydrogen-bond acceptors (Lipinski definition) is 2. The lowest BCUT2D eigenvalue weighted by Gasteiger charge is -2.08. The topological polar surface area (TPSA) is 38.0 Å². The van der Waals surface area contributed by atoms with Crippen molar-refractivity contribution in [3.05, 3.63) is 66.1 Å². The number of para-hydroxylation sites is 1. The van der Waals surface area contributed by atoms with Crippen LogP contribution in [0.4, 0.5) is 0 Å². The third kappa shape index (κ3) is 2.37. The summed E-state index contributed by atoms with van der Waals surface area (Å²) in [5.74, 6) is 0. The van der Waals surface area contributed by atoms with Gasteiger partial charge in [0, 0.05) is 30.7 Å². The molecule has 0 bridgehead atoms. The monoisotopic (exact) mass is 252 g/mol. The van der Waals surface area contributed by atoms with Gasteiger partial charge >= 0.3 is 0 Å². The molecule has 0 aliphatic heterocycles. The van der Waals surface area contributed by atoms with E-state index in [2.05, 4.69) is 27.9 Å². The maximum atomic E-state index is 9.44. The van der Waals surface area contributed by atoms with Crippen molar-refractivity contribution >= 4 is 10.9 Å². The van der Waals surface area contributed by atoms with Gasteiger partial charge in [-0.1, -0.05) is 18.2 Å². The lowest BCUT2D eigenvalue weighted by molar-refractivity contribution is 0.283. The van der Waals surface area contributed by atoms with Crippen molar-refractivity contribution in [3.63, 3.8) is 0 Å². The molecule has 19 heavy (non-hydrogen) atoms. The Morgan fingerprint density at radius 1 is 1.05 bits per heavy atom. The van der Waals surface area contributed by atoms with E-state index in [-0.39, 0.29) is 6.61 Å². The second kappa shape index (κ2) is 5.24. The molecule has 0 amide bonds. The van der Waals surface area contributed by atoms with Crippen LogP contribution in [0.1, 0.15) is 11.1 Å². The number of aryl methyl sites for hydroxylation is 2. The van der Waals surface area contributed by atoms with Crippen LogP contribution < -0.4 is 0 Å². The highest BCUT2D eigenvalue weighted by Gasteiger charge is 2.05. The van der Waals surface area contributed by atoms with E-state index in [1.807, 2.05) is 36.7 Å². The Bertz CT molecular complexity index is 674. The van der Waals surface area contributed by atoms with Crippen LogP contribution in [-0.4, -0.2) is 14.7 Å². The summed E-state index contributed by atoms with van der Waals surface area (Å²) in [6, 6.07) is 12.2. The van der Waals surface area contributed by atoms with E-state index in [0.29, 0.717) is 0 Å². The van der Waals surface area contributed by atoms with Crippen molar-refractivity contribution in [1.82, 2.24) is 9.55 Å². The summed E-state index contributed by atoms with van der Waals surface area (Å²) in [5, 5.41) is 10.6. The second-order valence-electron chi connectivity index (χ2n) is 4.63. The Kier molecular flexibility index (Phi) is 3.29. The molecular formula is C16H16N2O. The molecule has 2 aromatic heterocycles. The van der Waals surface area contributed by atoms with Crippen molar-refractivity contribution in [2.45, 2.75) is 19.6 Å². The van der Waals surface area contributed by atoms with Gasteiger partial charge in [-0.3, -0.25) is 4.98 Å². The van der Waals surface area contributed by atoms with Gasteiger partial charge in [-0.25, -0.2) is 0 Å². The summed E-state index contributed by atoms with van der Waals surface area (Å²) < 4.78 is 2.21. The first-order valence-electron chi connectivity index (χ1n) is 6.45. The van der Waals surface area contributed by atoms with E-state index in [0.717, 1.165) is 24.0 Å². The molecule has 0 unspecified atom stereocenters. The molecule has 0 saturated heterocycles. The predicted molar refractivity (Wildman–Crippen MR) is 75.8 cm³/mol. The Morgan fingerprint density at radius 2 is 1.89 bits per heavy atom. The van der Waals surface area contributed by atoms with Gasteiger partial charge < -0.3 is 9.67 Å². The summed E-state index contributed by atoms with van der Waals surface area (Å²) in [7, 11) is 0. The van der Waals surface area contributed by atoms with Gasteiger partial charge in [0.25, 0.3) is 0 Å². The van der Waals surface area contributed by atoms with Crippen molar-refractivity contribution in [3.8, 4) is 0 Å². The quantitative estimate of drug-likeness (QED) is 0.775. The molecule has 0 atom stereocenters. The second-order valence-corrected chi connectivity index (χ2v) is 4.63. The van der Waals surface area contributed by atoms with Crippen LogP contribution in [-0.2, 0) is 19.6 Å². The molecule has 0 spiro atoms. The van der Waals surface area contributed by atoms with Crippen LogP contribution in [0.15, 0.2) is 55.0 Å².